The van der Waals surface area contributed by atoms with Gasteiger partial charge in [-0.25, -0.2) is 0 Å². The minimum atomic E-state index is -0.224. The number of carbonyl (C=O) groups is 1. The van der Waals surface area contributed by atoms with E-state index in [0.717, 1.165) is 14.7 Å². The van der Waals surface area contributed by atoms with Crippen LogP contribution in [0.15, 0.2) is 59.2 Å². The predicted octanol–water partition coefficient (Wildman–Crippen LogP) is 4.08. The molecule has 0 bridgehead atoms. The molecule has 0 spiro atoms. The van der Waals surface area contributed by atoms with Gasteiger partial charge >= 0.3 is 0 Å². The molecule has 1 aromatic carbocycles. The van der Waals surface area contributed by atoms with Crippen LogP contribution < -0.4 is 5.32 Å². The van der Waals surface area contributed by atoms with Crippen LogP contribution >= 0.6 is 22.6 Å². The minimum Gasteiger partial charge on any atom is -0.451 e. The van der Waals surface area contributed by atoms with Crippen LogP contribution in [-0.2, 0) is 4.79 Å². The van der Waals surface area contributed by atoms with Crippen LogP contribution in [0.3, 0.4) is 0 Å². The molecule has 0 saturated heterocycles. The molecule has 0 fully saturated rings. The Hall–Kier alpha value is -2.15. The molecular weight excluding hydrogens is 379 g/mol. The van der Waals surface area contributed by atoms with Gasteiger partial charge in [-0.15, -0.1) is 0 Å². The summed E-state index contributed by atoms with van der Waals surface area (Å²) in [6.45, 7) is 0. The van der Waals surface area contributed by atoms with Crippen molar-refractivity contribution in [1.82, 2.24) is 4.98 Å². The molecule has 1 amide bonds. The van der Waals surface area contributed by atoms with Crippen molar-refractivity contribution in [2.24, 2.45) is 0 Å². The fraction of sp³-hybridized carbons (Fsp3) is 0. The second-order valence-corrected chi connectivity index (χ2v) is 5.44. The number of aromatic nitrogens is 1. The Kier molecular flexibility index (Phi) is 4.01. The second kappa shape index (κ2) is 6.09. The van der Waals surface area contributed by atoms with E-state index in [1.165, 1.54) is 6.08 Å². The molecule has 104 valence electrons. The van der Waals surface area contributed by atoms with Crippen molar-refractivity contribution in [2.75, 3.05) is 5.32 Å². The lowest BCUT2D eigenvalue weighted by atomic mass is 10.2. The third-order valence-corrected chi connectivity index (χ3v) is 3.43. The number of furan rings is 1. The standard InChI is InChI=1S/C16H11IN2O2/c17-15-7-5-13(21-15)6-8-16(20)19-12-9-11-3-1-2-4-14(11)18-10-12/h1-10H,(H,19,20)/b8-6+. The SMILES string of the molecule is O=C(/C=C/c1ccc(I)o1)Nc1cnc2ccccc2c1. The number of anilines is 1. The molecule has 21 heavy (non-hydrogen) atoms. The number of nitrogens with one attached hydrogen (secondary N) is 1. The van der Waals surface area contributed by atoms with E-state index < -0.39 is 0 Å². The molecule has 4 nitrogen and oxygen atoms in total. The number of nitrogens with zero attached hydrogens (tertiary/aromatic N) is 1. The van der Waals surface area contributed by atoms with Gasteiger partial charge in [-0.3, -0.25) is 9.78 Å². The van der Waals surface area contributed by atoms with Crippen LogP contribution in [0.1, 0.15) is 5.76 Å². The molecule has 5 heteroatoms. The van der Waals surface area contributed by atoms with E-state index in [0.29, 0.717) is 11.4 Å². The van der Waals surface area contributed by atoms with Crippen LogP contribution in [-0.4, -0.2) is 10.9 Å². The van der Waals surface area contributed by atoms with Crippen LogP contribution in [0.5, 0.6) is 0 Å². The molecule has 0 aliphatic carbocycles. The number of carbonyl (C=O) groups excluding carboxylic acids is 1. The van der Waals surface area contributed by atoms with Gasteiger partial charge in [0.2, 0.25) is 5.91 Å². The highest BCUT2D eigenvalue weighted by molar-refractivity contribution is 14.1. The maximum absolute atomic E-state index is 11.9. The van der Waals surface area contributed by atoms with E-state index in [1.54, 1.807) is 12.3 Å². The van der Waals surface area contributed by atoms with Gasteiger partial charge in [0.25, 0.3) is 0 Å². The maximum atomic E-state index is 11.9. The number of rotatable bonds is 3. The summed E-state index contributed by atoms with van der Waals surface area (Å²) in [7, 11) is 0. The van der Waals surface area contributed by atoms with Crippen molar-refractivity contribution in [3.8, 4) is 0 Å². The fourth-order valence-electron chi connectivity index (χ4n) is 1.90. The highest BCUT2D eigenvalue weighted by atomic mass is 127. The van der Waals surface area contributed by atoms with Gasteiger partial charge in [-0.05, 0) is 52.9 Å². The molecule has 0 atom stereocenters. The van der Waals surface area contributed by atoms with Crippen LogP contribution in [0.4, 0.5) is 5.69 Å². The topological polar surface area (TPSA) is 55.1 Å². The van der Waals surface area contributed by atoms with Crippen molar-refractivity contribution in [3.05, 3.63) is 64.3 Å². The first-order chi connectivity index (χ1) is 10.2. The quantitative estimate of drug-likeness (QED) is 0.542. The van der Waals surface area contributed by atoms with Gasteiger partial charge in [-0.1, -0.05) is 18.2 Å². The van der Waals surface area contributed by atoms with E-state index in [2.05, 4.69) is 32.9 Å². The summed E-state index contributed by atoms with van der Waals surface area (Å²) in [6.07, 6.45) is 4.71. The lowest BCUT2D eigenvalue weighted by Gasteiger charge is -2.03. The lowest BCUT2D eigenvalue weighted by molar-refractivity contribution is -0.111. The monoisotopic (exact) mass is 390 g/mol. The number of hydrogen-bond donors (Lipinski definition) is 1. The number of amides is 1. The van der Waals surface area contributed by atoms with E-state index in [1.807, 2.05) is 42.5 Å². The summed E-state index contributed by atoms with van der Waals surface area (Å²) >= 11 is 2.07. The number of hydrogen-bond acceptors (Lipinski definition) is 3. The summed E-state index contributed by atoms with van der Waals surface area (Å²) in [5.41, 5.74) is 1.56. The average molecular weight is 390 g/mol. The van der Waals surface area contributed by atoms with E-state index >= 15 is 0 Å². The molecule has 2 heterocycles. The van der Waals surface area contributed by atoms with Crippen molar-refractivity contribution in [3.63, 3.8) is 0 Å². The number of fused-ring (bicyclic) bond motifs is 1. The molecule has 0 saturated carbocycles. The highest BCUT2D eigenvalue weighted by Gasteiger charge is 2.01. The van der Waals surface area contributed by atoms with Crippen molar-refractivity contribution in [2.45, 2.75) is 0 Å². The van der Waals surface area contributed by atoms with E-state index in [9.17, 15) is 4.79 Å². The van der Waals surface area contributed by atoms with Gasteiger partial charge in [0.05, 0.1) is 17.4 Å². The molecule has 3 rings (SSSR count). The van der Waals surface area contributed by atoms with Gasteiger partial charge in [0, 0.05) is 11.5 Å². The zero-order chi connectivity index (χ0) is 14.7. The number of pyridine rings is 1. The minimum absolute atomic E-state index is 0.224. The molecule has 0 aliphatic rings. The molecule has 3 aromatic rings. The first kappa shape index (κ1) is 13.8. The smallest absolute Gasteiger partial charge is 0.248 e. The summed E-state index contributed by atoms with van der Waals surface area (Å²) in [6, 6.07) is 13.3. The van der Waals surface area contributed by atoms with Crippen molar-refractivity contribution < 1.29 is 9.21 Å². The van der Waals surface area contributed by atoms with Crippen molar-refractivity contribution >= 4 is 51.2 Å². The largest absolute Gasteiger partial charge is 0.451 e. The predicted molar refractivity (Wildman–Crippen MR) is 90.8 cm³/mol. The molecule has 0 aliphatic heterocycles. The Morgan fingerprint density at radius 2 is 2.10 bits per heavy atom. The summed E-state index contributed by atoms with van der Waals surface area (Å²) in [5, 5.41) is 3.77. The number of benzene rings is 1. The molecule has 1 N–H and O–H groups in total. The zero-order valence-corrected chi connectivity index (χ0v) is 13.1. The van der Waals surface area contributed by atoms with Crippen molar-refractivity contribution in [1.29, 1.82) is 0 Å². The number of para-hydroxylation sites is 1. The highest BCUT2D eigenvalue weighted by Crippen LogP contribution is 2.16. The third kappa shape index (κ3) is 3.49. The molecular formula is C16H11IN2O2. The normalized spacial score (nSPS) is 11.1. The summed E-state index contributed by atoms with van der Waals surface area (Å²) in [5.74, 6) is 0.421. The summed E-state index contributed by atoms with van der Waals surface area (Å²) < 4.78 is 6.13. The fourth-order valence-corrected chi connectivity index (χ4v) is 2.33. The molecule has 0 unspecified atom stereocenters. The van der Waals surface area contributed by atoms with Crippen LogP contribution in [0, 0.1) is 3.77 Å². The first-order valence-electron chi connectivity index (χ1n) is 6.30. The van der Waals surface area contributed by atoms with Gasteiger partial charge in [0.15, 0.2) is 3.77 Å². The Bertz CT molecular complexity index is 824. The second-order valence-electron chi connectivity index (χ2n) is 4.38. The van der Waals surface area contributed by atoms with Crippen LogP contribution in [0.25, 0.3) is 17.0 Å². The Balaban J connectivity index is 1.72. The lowest BCUT2D eigenvalue weighted by Crippen LogP contribution is -2.07. The Labute approximate surface area is 135 Å². The first-order valence-corrected chi connectivity index (χ1v) is 7.38. The Morgan fingerprint density at radius 1 is 1.24 bits per heavy atom. The van der Waals surface area contributed by atoms with Crippen LogP contribution in [0.2, 0.25) is 0 Å². The molecule has 2 aromatic heterocycles. The Morgan fingerprint density at radius 3 is 2.90 bits per heavy atom. The van der Waals surface area contributed by atoms with E-state index in [-0.39, 0.29) is 5.91 Å². The maximum Gasteiger partial charge on any atom is 0.248 e. The molecule has 0 radical (unpaired) electrons. The summed E-state index contributed by atoms with van der Waals surface area (Å²) in [4.78, 5) is 16.2. The van der Waals surface area contributed by atoms with Gasteiger partial charge in [-0.2, -0.15) is 0 Å². The zero-order valence-electron chi connectivity index (χ0n) is 10.9. The third-order valence-electron chi connectivity index (χ3n) is 2.85. The number of halogens is 1. The van der Waals surface area contributed by atoms with Gasteiger partial charge < -0.3 is 9.73 Å². The van der Waals surface area contributed by atoms with Gasteiger partial charge in [0.1, 0.15) is 5.76 Å². The van der Waals surface area contributed by atoms with E-state index in [4.69, 9.17) is 4.42 Å². The average Bonchev–Trinajstić information content (AvgIpc) is 2.91.